The van der Waals surface area contributed by atoms with Crippen molar-refractivity contribution in [3.63, 3.8) is 0 Å². The Labute approximate surface area is 91.5 Å². The highest BCUT2D eigenvalue weighted by molar-refractivity contribution is 5.80. The predicted octanol–water partition coefficient (Wildman–Crippen LogP) is 0.598. The second-order valence-corrected chi connectivity index (χ2v) is 4.49. The fraction of sp³-hybridized carbons (Fsp3) is 0.909. The summed E-state index contributed by atoms with van der Waals surface area (Å²) in [7, 11) is 0. The molecule has 2 N–H and O–H groups in total. The molecule has 2 heterocycles. The molecule has 0 aromatic carbocycles. The van der Waals surface area contributed by atoms with Crippen molar-refractivity contribution in [3.05, 3.63) is 0 Å². The quantitative estimate of drug-likeness (QED) is 0.703. The molecule has 2 rings (SSSR count). The summed E-state index contributed by atoms with van der Waals surface area (Å²) < 4.78 is 5.43. The van der Waals surface area contributed by atoms with Crippen molar-refractivity contribution in [2.75, 3.05) is 32.8 Å². The van der Waals surface area contributed by atoms with E-state index in [1.165, 1.54) is 6.42 Å². The van der Waals surface area contributed by atoms with E-state index in [-0.39, 0.29) is 0 Å². The summed E-state index contributed by atoms with van der Waals surface area (Å²) in [6.45, 7) is 7.12. The van der Waals surface area contributed by atoms with Crippen molar-refractivity contribution in [2.24, 2.45) is 16.8 Å². The van der Waals surface area contributed by atoms with Crippen molar-refractivity contribution in [2.45, 2.75) is 19.8 Å². The van der Waals surface area contributed by atoms with Crippen molar-refractivity contribution in [1.29, 1.82) is 0 Å². The summed E-state index contributed by atoms with van der Waals surface area (Å²) in [6, 6.07) is 0. The molecule has 2 atom stereocenters. The Bertz CT molecular complexity index is 230. The number of rotatable bonds is 2. The van der Waals surface area contributed by atoms with Gasteiger partial charge in [-0.15, -0.1) is 0 Å². The molecule has 0 saturated carbocycles. The van der Waals surface area contributed by atoms with Crippen molar-refractivity contribution >= 4 is 5.96 Å². The van der Waals surface area contributed by atoms with Crippen LogP contribution in [-0.4, -0.2) is 38.8 Å². The molecule has 0 spiro atoms. The topological polar surface area (TPSA) is 45.6 Å². The molecule has 0 aromatic rings. The number of aliphatic imine (C=N–C) groups is 1. The highest BCUT2D eigenvalue weighted by Gasteiger charge is 2.21. The Balaban J connectivity index is 1.74. The molecule has 15 heavy (non-hydrogen) atoms. The third-order valence-electron chi connectivity index (χ3n) is 3.25. The standard InChI is InChI=1S/C11H21N3O/c1-9-8-15-6-3-10(9)7-14-11-12-4-2-5-13-11/h9-10H,2-8H2,1H3,(H2,12,13,14). The van der Waals surface area contributed by atoms with E-state index in [4.69, 9.17) is 4.74 Å². The SMILES string of the molecule is CC1COCCC1CNC1=NCCCN1. The first-order valence-corrected chi connectivity index (χ1v) is 5.96. The molecule has 0 aliphatic carbocycles. The first-order chi connectivity index (χ1) is 7.36. The van der Waals surface area contributed by atoms with E-state index in [1.54, 1.807) is 0 Å². The zero-order valence-electron chi connectivity index (χ0n) is 9.46. The van der Waals surface area contributed by atoms with E-state index >= 15 is 0 Å². The van der Waals surface area contributed by atoms with Crippen LogP contribution in [0.4, 0.5) is 0 Å². The normalized spacial score (nSPS) is 31.7. The van der Waals surface area contributed by atoms with Gasteiger partial charge in [-0.25, -0.2) is 0 Å². The van der Waals surface area contributed by atoms with Gasteiger partial charge in [-0.2, -0.15) is 0 Å². The maximum absolute atomic E-state index is 5.43. The van der Waals surface area contributed by atoms with Crippen LogP contribution >= 0.6 is 0 Å². The summed E-state index contributed by atoms with van der Waals surface area (Å²) in [5, 5.41) is 6.69. The van der Waals surface area contributed by atoms with Crippen molar-refractivity contribution in [3.8, 4) is 0 Å². The highest BCUT2D eigenvalue weighted by Crippen LogP contribution is 2.20. The molecule has 0 aromatic heterocycles. The lowest BCUT2D eigenvalue weighted by Crippen LogP contribution is -2.44. The smallest absolute Gasteiger partial charge is 0.191 e. The largest absolute Gasteiger partial charge is 0.381 e. The Kier molecular flexibility index (Phi) is 3.83. The van der Waals surface area contributed by atoms with Crippen LogP contribution in [-0.2, 0) is 4.74 Å². The minimum absolute atomic E-state index is 0.662. The van der Waals surface area contributed by atoms with Crippen LogP contribution in [0.15, 0.2) is 4.99 Å². The minimum Gasteiger partial charge on any atom is -0.381 e. The van der Waals surface area contributed by atoms with Crippen LogP contribution in [0.1, 0.15) is 19.8 Å². The predicted molar refractivity (Wildman–Crippen MR) is 61.0 cm³/mol. The second kappa shape index (κ2) is 5.35. The Morgan fingerprint density at radius 3 is 3.27 bits per heavy atom. The Morgan fingerprint density at radius 2 is 2.53 bits per heavy atom. The number of guanidine groups is 1. The van der Waals surface area contributed by atoms with E-state index in [9.17, 15) is 0 Å². The molecule has 2 unspecified atom stereocenters. The van der Waals surface area contributed by atoms with E-state index < -0.39 is 0 Å². The van der Waals surface area contributed by atoms with Gasteiger partial charge in [0.15, 0.2) is 5.96 Å². The molecular weight excluding hydrogens is 190 g/mol. The molecule has 2 aliphatic rings. The van der Waals surface area contributed by atoms with E-state index in [0.29, 0.717) is 5.92 Å². The maximum atomic E-state index is 5.43. The molecule has 0 bridgehead atoms. The number of ether oxygens (including phenoxy) is 1. The lowest BCUT2D eigenvalue weighted by atomic mass is 9.90. The molecule has 0 radical (unpaired) electrons. The van der Waals surface area contributed by atoms with Gasteiger partial charge < -0.3 is 15.4 Å². The van der Waals surface area contributed by atoms with Gasteiger partial charge in [-0.3, -0.25) is 4.99 Å². The van der Waals surface area contributed by atoms with Gasteiger partial charge in [0.1, 0.15) is 0 Å². The summed E-state index contributed by atoms with van der Waals surface area (Å²) in [6.07, 6.45) is 2.32. The van der Waals surface area contributed by atoms with Crippen LogP contribution in [0, 0.1) is 11.8 Å². The lowest BCUT2D eigenvalue weighted by Gasteiger charge is -2.29. The summed E-state index contributed by atoms with van der Waals surface area (Å²) in [5.41, 5.74) is 0. The van der Waals surface area contributed by atoms with Gasteiger partial charge in [0.25, 0.3) is 0 Å². The fourth-order valence-electron chi connectivity index (χ4n) is 2.11. The monoisotopic (exact) mass is 211 g/mol. The van der Waals surface area contributed by atoms with Gasteiger partial charge in [-0.1, -0.05) is 6.92 Å². The van der Waals surface area contributed by atoms with Crippen molar-refractivity contribution in [1.82, 2.24) is 10.6 Å². The van der Waals surface area contributed by atoms with Crippen LogP contribution < -0.4 is 10.6 Å². The Morgan fingerprint density at radius 1 is 1.60 bits per heavy atom. The molecule has 1 saturated heterocycles. The average molecular weight is 211 g/mol. The van der Waals surface area contributed by atoms with Gasteiger partial charge in [0.2, 0.25) is 0 Å². The zero-order chi connectivity index (χ0) is 10.5. The van der Waals surface area contributed by atoms with E-state index in [0.717, 1.165) is 51.1 Å². The number of hydrogen-bond donors (Lipinski definition) is 2. The Hall–Kier alpha value is -0.770. The van der Waals surface area contributed by atoms with E-state index in [1.807, 2.05) is 0 Å². The summed E-state index contributed by atoms with van der Waals surface area (Å²) in [4.78, 5) is 4.40. The lowest BCUT2D eigenvalue weighted by molar-refractivity contribution is 0.0258. The van der Waals surface area contributed by atoms with Gasteiger partial charge in [0, 0.05) is 32.8 Å². The van der Waals surface area contributed by atoms with Gasteiger partial charge in [-0.05, 0) is 24.7 Å². The number of hydrogen-bond acceptors (Lipinski definition) is 4. The minimum atomic E-state index is 0.662. The summed E-state index contributed by atoms with van der Waals surface area (Å²) >= 11 is 0. The molecule has 2 aliphatic heterocycles. The third-order valence-corrected chi connectivity index (χ3v) is 3.25. The summed E-state index contributed by atoms with van der Waals surface area (Å²) in [5.74, 6) is 2.38. The molecule has 1 fully saturated rings. The van der Waals surface area contributed by atoms with Crippen LogP contribution in [0.25, 0.3) is 0 Å². The molecule has 86 valence electrons. The number of nitrogens with zero attached hydrogens (tertiary/aromatic N) is 1. The van der Waals surface area contributed by atoms with Crippen LogP contribution in [0.2, 0.25) is 0 Å². The first-order valence-electron chi connectivity index (χ1n) is 5.96. The van der Waals surface area contributed by atoms with Crippen molar-refractivity contribution < 1.29 is 4.74 Å². The van der Waals surface area contributed by atoms with Gasteiger partial charge >= 0.3 is 0 Å². The second-order valence-electron chi connectivity index (χ2n) is 4.49. The molecule has 4 nitrogen and oxygen atoms in total. The van der Waals surface area contributed by atoms with Gasteiger partial charge in [0.05, 0.1) is 0 Å². The third kappa shape index (κ3) is 3.09. The van der Waals surface area contributed by atoms with Crippen LogP contribution in [0.3, 0.4) is 0 Å². The van der Waals surface area contributed by atoms with E-state index in [2.05, 4.69) is 22.5 Å². The zero-order valence-corrected chi connectivity index (χ0v) is 9.46. The molecule has 4 heteroatoms. The molecule has 0 amide bonds. The highest BCUT2D eigenvalue weighted by atomic mass is 16.5. The first kappa shape index (κ1) is 10.7. The van der Waals surface area contributed by atoms with Crippen LogP contribution in [0.5, 0.6) is 0 Å². The maximum Gasteiger partial charge on any atom is 0.191 e. The molecular formula is C11H21N3O. The number of nitrogens with one attached hydrogen (secondary N) is 2. The fourth-order valence-corrected chi connectivity index (χ4v) is 2.11. The average Bonchev–Trinajstić information content (AvgIpc) is 2.29.